The van der Waals surface area contributed by atoms with E-state index in [2.05, 4.69) is 16.0 Å². The molecule has 9 heteroatoms. The number of amides is 1. The molecule has 164 valence electrons. The van der Waals surface area contributed by atoms with Crippen LogP contribution in [0.5, 0.6) is 0 Å². The highest BCUT2D eigenvalue weighted by Crippen LogP contribution is 2.33. The first-order valence-corrected chi connectivity index (χ1v) is 11.5. The number of thiazole rings is 2. The highest BCUT2D eigenvalue weighted by atomic mass is 32.1. The van der Waals surface area contributed by atoms with Gasteiger partial charge in [-0.3, -0.25) is 9.69 Å². The summed E-state index contributed by atoms with van der Waals surface area (Å²) in [5.41, 5.74) is 3.51. The molecule has 0 spiro atoms. The van der Waals surface area contributed by atoms with E-state index in [-0.39, 0.29) is 10.8 Å². The lowest BCUT2D eigenvalue weighted by Gasteiger charge is -2.18. The molecule has 4 rings (SSSR count). The lowest BCUT2D eigenvalue weighted by Crippen LogP contribution is -2.23. The summed E-state index contributed by atoms with van der Waals surface area (Å²) in [6.07, 6.45) is 1.57. The van der Waals surface area contributed by atoms with Crippen molar-refractivity contribution < 1.29 is 13.6 Å². The summed E-state index contributed by atoms with van der Waals surface area (Å²) in [5, 5.41) is 14.0. The minimum Gasteiger partial charge on any atom is -0.274 e. The quantitative estimate of drug-likeness (QED) is 0.303. The van der Waals surface area contributed by atoms with Gasteiger partial charge in [-0.1, -0.05) is 29.8 Å². The third kappa shape index (κ3) is 4.87. The van der Waals surface area contributed by atoms with Crippen LogP contribution in [0, 0.1) is 29.9 Å². The molecule has 0 saturated carbocycles. The largest absolute Gasteiger partial charge is 0.274 e. The van der Waals surface area contributed by atoms with Gasteiger partial charge >= 0.3 is 0 Å². The third-order valence-corrected chi connectivity index (χ3v) is 6.38. The monoisotopic (exact) mass is 478 g/mol. The van der Waals surface area contributed by atoms with Crippen molar-refractivity contribution in [3.63, 3.8) is 0 Å². The van der Waals surface area contributed by atoms with Crippen LogP contribution in [0.3, 0.4) is 0 Å². The molecule has 2 heterocycles. The molecule has 0 unspecified atom stereocenters. The summed E-state index contributed by atoms with van der Waals surface area (Å²) in [4.78, 5) is 22.2. The maximum absolute atomic E-state index is 14.3. The summed E-state index contributed by atoms with van der Waals surface area (Å²) in [6.45, 7) is 3.27. The highest BCUT2D eigenvalue weighted by Gasteiger charge is 2.21. The summed E-state index contributed by atoms with van der Waals surface area (Å²) in [7, 11) is 0. The van der Waals surface area contributed by atoms with E-state index < -0.39 is 17.5 Å². The number of carbonyl (C=O) groups excluding carboxylic acids is 1. The Bertz CT molecular complexity index is 1400. The van der Waals surface area contributed by atoms with Crippen molar-refractivity contribution in [2.75, 3.05) is 4.90 Å². The van der Waals surface area contributed by atoms with Gasteiger partial charge in [-0.05, 0) is 25.1 Å². The van der Waals surface area contributed by atoms with Crippen LogP contribution >= 0.6 is 22.7 Å². The van der Waals surface area contributed by atoms with Gasteiger partial charge in [-0.15, -0.1) is 22.7 Å². The van der Waals surface area contributed by atoms with Crippen LogP contribution in [-0.4, -0.2) is 15.9 Å². The van der Waals surface area contributed by atoms with E-state index in [9.17, 15) is 18.8 Å². The molecular formula is C24H16F2N4OS2. The first-order chi connectivity index (χ1) is 15.9. The van der Waals surface area contributed by atoms with E-state index in [1.807, 2.05) is 36.6 Å². The van der Waals surface area contributed by atoms with Crippen molar-refractivity contribution in [2.45, 2.75) is 13.8 Å². The van der Waals surface area contributed by atoms with Crippen LogP contribution in [0.1, 0.15) is 23.2 Å². The van der Waals surface area contributed by atoms with Gasteiger partial charge in [0.2, 0.25) is 5.91 Å². The van der Waals surface area contributed by atoms with Crippen molar-refractivity contribution in [3.8, 4) is 17.3 Å². The van der Waals surface area contributed by atoms with Crippen molar-refractivity contribution in [1.29, 1.82) is 5.26 Å². The Balaban J connectivity index is 1.64. The zero-order chi connectivity index (χ0) is 23.5. The molecular weight excluding hydrogens is 462 g/mol. The van der Waals surface area contributed by atoms with Crippen molar-refractivity contribution in [3.05, 3.63) is 81.1 Å². The molecule has 0 N–H and O–H groups in total. The fourth-order valence-electron chi connectivity index (χ4n) is 3.06. The number of anilines is 2. The van der Waals surface area contributed by atoms with E-state index in [4.69, 9.17) is 0 Å². The SMILES string of the molecule is CC(=O)N(c1nc(/C=C(\C#N)c2nc(-c3ccc(C)cc3)cs2)cs1)c1ccc(F)cc1F. The van der Waals surface area contributed by atoms with Crippen molar-refractivity contribution >= 4 is 51.0 Å². The van der Waals surface area contributed by atoms with Gasteiger partial charge < -0.3 is 0 Å². The summed E-state index contributed by atoms with van der Waals surface area (Å²) >= 11 is 2.45. The normalized spacial score (nSPS) is 11.3. The second kappa shape index (κ2) is 9.40. The number of rotatable bonds is 5. The van der Waals surface area contributed by atoms with Crippen LogP contribution in [0.2, 0.25) is 0 Å². The second-order valence-corrected chi connectivity index (χ2v) is 8.77. The Labute approximate surface area is 196 Å². The Kier molecular flexibility index (Phi) is 6.40. The number of aryl methyl sites for hydroxylation is 1. The Morgan fingerprint density at radius 2 is 1.85 bits per heavy atom. The van der Waals surface area contributed by atoms with E-state index in [0.29, 0.717) is 22.3 Å². The molecule has 0 aliphatic heterocycles. The predicted octanol–water partition coefficient (Wildman–Crippen LogP) is 6.60. The fraction of sp³-hybridized carbons (Fsp3) is 0.0833. The van der Waals surface area contributed by atoms with E-state index in [1.165, 1.54) is 24.3 Å². The topological polar surface area (TPSA) is 69.9 Å². The molecule has 4 aromatic rings. The zero-order valence-corrected chi connectivity index (χ0v) is 19.2. The van der Waals surface area contributed by atoms with Crippen molar-refractivity contribution in [2.24, 2.45) is 0 Å². The third-order valence-electron chi connectivity index (χ3n) is 4.66. The Morgan fingerprint density at radius 3 is 2.52 bits per heavy atom. The second-order valence-electron chi connectivity index (χ2n) is 7.08. The smallest absolute Gasteiger partial charge is 0.230 e. The van der Waals surface area contributed by atoms with Gasteiger partial charge in [-0.2, -0.15) is 5.26 Å². The molecule has 0 aliphatic carbocycles. The van der Waals surface area contributed by atoms with Gasteiger partial charge in [0.15, 0.2) is 5.13 Å². The molecule has 1 amide bonds. The number of nitriles is 1. The minimum atomic E-state index is -0.873. The predicted molar refractivity (Wildman–Crippen MR) is 127 cm³/mol. The average Bonchev–Trinajstić information content (AvgIpc) is 3.44. The lowest BCUT2D eigenvalue weighted by molar-refractivity contribution is -0.115. The summed E-state index contributed by atoms with van der Waals surface area (Å²) in [5.74, 6) is -2.09. The Morgan fingerprint density at radius 1 is 1.09 bits per heavy atom. The van der Waals surface area contributed by atoms with Gasteiger partial charge in [0.1, 0.15) is 22.7 Å². The fourth-order valence-corrected chi connectivity index (χ4v) is 4.69. The van der Waals surface area contributed by atoms with Crippen LogP contribution in [0.15, 0.2) is 53.2 Å². The first kappa shape index (κ1) is 22.5. The van der Waals surface area contributed by atoms with E-state index in [1.54, 1.807) is 11.5 Å². The molecule has 0 atom stereocenters. The molecule has 2 aromatic carbocycles. The number of nitrogens with zero attached hydrogens (tertiary/aromatic N) is 4. The number of hydrogen-bond donors (Lipinski definition) is 0. The van der Waals surface area contributed by atoms with Gasteiger partial charge in [0.25, 0.3) is 0 Å². The van der Waals surface area contributed by atoms with E-state index >= 15 is 0 Å². The molecule has 33 heavy (non-hydrogen) atoms. The molecule has 0 aliphatic rings. The van der Waals surface area contributed by atoms with Crippen LogP contribution in [-0.2, 0) is 4.79 Å². The number of aromatic nitrogens is 2. The van der Waals surface area contributed by atoms with Crippen LogP contribution < -0.4 is 4.90 Å². The molecule has 0 bridgehead atoms. The molecule has 5 nitrogen and oxygen atoms in total. The minimum absolute atomic E-state index is 0.100. The highest BCUT2D eigenvalue weighted by molar-refractivity contribution is 7.14. The molecule has 0 radical (unpaired) electrons. The first-order valence-electron chi connectivity index (χ1n) is 9.71. The lowest BCUT2D eigenvalue weighted by atomic mass is 10.1. The van der Waals surface area contributed by atoms with E-state index in [0.717, 1.165) is 39.1 Å². The van der Waals surface area contributed by atoms with Crippen LogP contribution in [0.25, 0.3) is 22.9 Å². The average molecular weight is 479 g/mol. The standard InChI is InChI=1S/C24H16F2N4OS2/c1-14-3-5-16(6-4-14)21-13-32-23(29-21)17(11-27)9-19-12-33-24(28-19)30(15(2)31)22-8-7-18(25)10-20(22)26/h3-10,12-13H,1-2H3/b17-9+. The number of hydrogen-bond acceptors (Lipinski definition) is 6. The zero-order valence-electron chi connectivity index (χ0n) is 17.5. The van der Waals surface area contributed by atoms with Crippen LogP contribution in [0.4, 0.5) is 19.6 Å². The molecule has 2 aromatic heterocycles. The number of allylic oxidation sites excluding steroid dienone is 1. The summed E-state index contributed by atoms with van der Waals surface area (Å²) in [6, 6.07) is 13.1. The molecule has 0 fully saturated rings. The maximum atomic E-state index is 14.3. The van der Waals surface area contributed by atoms with Gasteiger partial charge in [-0.25, -0.2) is 18.7 Å². The number of benzene rings is 2. The Hall–Kier alpha value is -3.74. The number of carbonyl (C=O) groups is 1. The van der Waals surface area contributed by atoms with Gasteiger partial charge in [0.05, 0.1) is 22.6 Å². The van der Waals surface area contributed by atoms with Crippen molar-refractivity contribution in [1.82, 2.24) is 9.97 Å². The summed E-state index contributed by atoms with van der Waals surface area (Å²) < 4.78 is 27.6. The number of halogens is 2. The molecule has 0 saturated heterocycles. The maximum Gasteiger partial charge on any atom is 0.230 e. The van der Waals surface area contributed by atoms with Gasteiger partial charge in [0, 0.05) is 29.3 Å².